The highest BCUT2D eigenvalue weighted by Crippen LogP contribution is 2.25. The summed E-state index contributed by atoms with van der Waals surface area (Å²) >= 11 is 6.22. The van der Waals surface area contributed by atoms with E-state index in [2.05, 4.69) is 10.1 Å². The van der Waals surface area contributed by atoms with E-state index in [1.54, 1.807) is 30.3 Å². The fourth-order valence-corrected chi connectivity index (χ4v) is 2.80. The van der Waals surface area contributed by atoms with Crippen molar-refractivity contribution in [3.05, 3.63) is 58.4 Å². The van der Waals surface area contributed by atoms with E-state index in [1.807, 2.05) is 0 Å². The van der Waals surface area contributed by atoms with Gasteiger partial charge in [0.2, 0.25) is 0 Å². The molecule has 0 saturated carbocycles. The zero-order chi connectivity index (χ0) is 18.0. The molecular formula is C17H14ClN3O4. The second-order valence-electron chi connectivity index (χ2n) is 5.17. The molecule has 0 radical (unpaired) electrons. The molecule has 2 amide bonds. The molecule has 8 heteroatoms. The molecule has 1 aromatic carbocycles. The van der Waals surface area contributed by atoms with E-state index in [-0.39, 0.29) is 17.3 Å². The van der Waals surface area contributed by atoms with Crippen molar-refractivity contribution in [3.8, 4) is 5.75 Å². The van der Waals surface area contributed by atoms with Crippen LogP contribution in [0.15, 0.2) is 41.7 Å². The molecule has 0 fully saturated rings. The number of pyridine rings is 1. The Bertz CT molecular complexity index is 847. The minimum atomic E-state index is -0.394. The van der Waals surface area contributed by atoms with Gasteiger partial charge in [-0.05, 0) is 12.1 Å². The number of fused-ring (bicyclic) bond motifs is 1. The molecule has 1 aliphatic heterocycles. The van der Waals surface area contributed by atoms with Crippen LogP contribution in [0.1, 0.15) is 26.4 Å². The summed E-state index contributed by atoms with van der Waals surface area (Å²) in [6.07, 6.45) is 1.47. The molecule has 0 bridgehead atoms. The Hall–Kier alpha value is -2.93. The van der Waals surface area contributed by atoms with Crippen LogP contribution in [0.3, 0.4) is 0 Å². The van der Waals surface area contributed by atoms with E-state index in [4.69, 9.17) is 21.2 Å². The lowest BCUT2D eigenvalue weighted by Crippen LogP contribution is -2.35. The van der Waals surface area contributed by atoms with Crippen molar-refractivity contribution in [1.29, 1.82) is 0 Å². The van der Waals surface area contributed by atoms with Crippen molar-refractivity contribution in [2.24, 2.45) is 5.16 Å². The quantitative estimate of drug-likeness (QED) is 0.465. The van der Waals surface area contributed by atoms with Crippen LogP contribution in [-0.4, -0.2) is 48.2 Å². The Morgan fingerprint density at radius 2 is 1.84 bits per heavy atom. The molecule has 0 atom stereocenters. The first-order valence-corrected chi connectivity index (χ1v) is 7.69. The standard InChI is InChI=1S/C17H14ClN3O4/c1-24-10-7-13(18)15(19-8-10)14(20-25-2)9-21-16(22)11-5-3-4-6-12(11)17(21)23/h3-8H,9H2,1-2H3/b20-14+. The Morgan fingerprint density at radius 1 is 1.20 bits per heavy atom. The number of nitrogens with zero attached hydrogens (tertiary/aromatic N) is 3. The molecule has 0 spiro atoms. The van der Waals surface area contributed by atoms with Crippen LogP contribution < -0.4 is 4.74 Å². The van der Waals surface area contributed by atoms with E-state index >= 15 is 0 Å². The average molecular weight is 360 g/mol. The van der Waals surface area contributed by atoms with Crippen molar-refractivity contribution in [2.75, 3.05) is 20.8 Å². The van der Waals surface area contributed by atoms with E-state index in [1.165, 1.54) is 20.4 Å². The summed E-state index contributed by atoms with van der Waals surface area (Å²) in [4.78, 5) is 35.1. The first kappa shape index (κ1) is 16.9. The Morgan fingerprint density at radius 3 is 2.36 bits per heavy atom. The third kappa shape index (κ3) is 3.06. The summed E-state index contributed by atoms with van der Waals surface area (Å²) in [7, 11) is 2.86. The zero-order valence-corrected chi connectivity index (χ0v) is 14.3. The topological polar surface area (TPSA) is 81.1 Å². The van der Waals surface area contributed by atoms with Gasteiger partial charge in [-0.15, -0.1) is 0 Å². The maximum atomic E-state index is 12.5. The molecule has 1 aliphatic rings. The number of aromatic nitrogens is 1. The van der Waals surface area contributed by atoms with E-state index < -0.39 is 11.8 Å². The molecule has 128 valence electrons. The molecule has 2 heterocycles. The largest absolute Gasteiger partial charge is 0.495 e. The van der Waals surface area contributed by atoms with Gasteiger partial charge in [-0.25, -0.2) is 4.98 Å². The van der Waals surface area contributed by atoms with Gasteiger partial charge in [0.05, 0.1) is 36.0 Å². The fourth-order valence-electron chi connectivity index (χ4n) is 2.53. The maximum absolute atomic E-state index is 12.5. The first-order valence-electron chi connectivity index (χ1n) is 7.32. The third-order valence-electron chi connectivity index (χ3n) is 3.71. The third-order valence-corrected chi connectivity index (χ3v) is 4.00. The molecular weight excluding hydrogens is 346 g/mol. The number of hydrogen-bond acceptors (Lipinski definition) is 6. The molecule has 3 rings (SSSR count). The molecule has 0 N–H and O–H groups in total. The normalized spacial score (nSPS) is 13.9. The highest BCUT2D eigenvalue weighted by atomic mass is 35.5. The van der Waals surface area contributed by atoms with Crippen LogP contribution in [-0.2, 0) is 4.84 Å². The van der Waals surface area contributed by atoms with Gasteiger partial charge in [0.1, 0.15) is 24.3 Å². The van der Waals surface area contributed by atoms with Crippen LogP contribution in [0.2, 0.25) is 5.02 Å². The number of methoxy groups -OCH3 is 1. The number of carbonyl (C=O) groups is 2. The van der Waals surface area contributed by atoms with E-state index in [0.717, 1.165) is 4.90 Å². The average Bonchev–Trinajstić information content (AvgIpc) is 2.86. The number of ether oxygens (including phenoxy) is 1. The van der Waals surface area contributed by atoms with Crippen LogP contribution in [0.5, 0.6) is 5.75 Å². The van der Waals surface area contributed by atoms with Crippen LogP contribution in [0, 0.1) is 0 Å². The predicted molar refractivity (Wildman–Crippen MR) is 91.2 cm³/mol. The summed E-state index contributed by atoms with van der Waals surface area (Å²) in [5.41, 5.74) is 1.28. The smallest absolute Gasteiger partial charge is 0.261 e. The minimum Gasteiger partial charge on any atom is -0.495 e. The molecule has 25 heavy (non-hydrogen) atoms. The lowest BCUT2D eigenvalue weighted by Gasteiger charge is -2.15. The molecule has 2 aromatic rings. The number of halogens is 1. The Kier molecular flexibility index (Phi) is 4.67. The summed E-state index contributed by atoms with van der Waals surface area (Å²) in [6.45, 7) is -0.112. The minimum absolute atomic E-state index is 0.112. The van der Waals surface area contributed by atoms with Crippen molar-refractivity contribution in [2.45, 2.75) is 0 Å². The number of rotatable bonds is 5. The summed E-state index contributed by atoms with van der Waals surface area (Å²) in [5, 5.41) is 4.16. The zero-order valence-electron chi connectivity index (χ0n) is 13.5. The van der Waals surface area contributed by atoms with Gasteiger partial charge in [-0.2, -0.15) is 0 Å². The van der Waals surface area contributed by atoms with E-state index in [9.17, 15) is 9.59 Å². The second kappa shape index (κ2) is 6.90. The summed E-state index contributed by atoms with van der Waals surface area (Å²) < 4.78 is 5.06. The van der Waals surface area contributed by atoms with Crippen molar-refractivity contribution < 1.29 is 19.2 Å². The number of imide groups is 1. The van der Waals surface area contributed by atoms with Crippen molar-refractivity contribution in [1.82, 2.24) is 9.88 Å². The number of benzene rings is 1. The van der Waals surface area contributed by atoms with Crippen LogP contribution in [0.25, 0.3) is 0 Å². The van der Waals surface area contributed by atoms with Gasteiger partial charge < -0.3 is 9.57 Å². The number of amides is 2. The van der Waals surface area contributed by atoms with Crippen molar-refractivity contribution >= 4 is 29.1 Å². The Balaban J connectivity index is 1.93. The first-order chi connectivity index (χ1) is 12.1. The second-order valence-corrected chi connectivity index (χ2v) is 5.58. The van der Waals surface area contributed by atoms with Crippen molar-refractivity contribution in [3.63, 3.8) is 0 Å². The maximum Gasteiger partial charge on any atom is 0.261 e. The SMILES string of the molecule is CO/N=C(\CN1C(=O)c2ccccc2C1=O)c1ncc(OC)cc1Cl. The highest BCUT2D eigenvalue weighted by Gasteiger charge is 2.36. The highest BCUT2D eigenvalue weighted by molar-refractivity contribution is 6.34. The molecule has 1 aromatic heterocycles. The molecule has 0 saturated heterocycles. The van der Waals surface area contributed by atoms with E-state index in [0.29, 0.717) is 22.6 Å². The molecule has 0 unspecified atom stereocenters. The monoisotopic (exact) mass is 359 g/mol. The fraction of sp³-hybridized carbons (Fsp3) is 0.176. The van der Waals surface area contributed by atoms with Gasteiger partial charge in [-0.3, -0.25) is 14.5 Å². The lowest BCUT2D eigenvalue weighted by molar-refractivity contribution is 0.0676. The van der Waals surface area contributed by atoms with Crippen LogP contribution >= 0.6 is 11.6 Å². The number of oxime groups is 1. The van der Waals surface area contributed by atoms with Crippen LogP contribution in [0.4, 0.5) is 0 Å². The van der Waals surface area contributed by atoms with Gasteiger partial charge in [0, 0.05) is 6.07 Å². The van der Waals surface area contributed by atoms with Gasteiger partial charge in [-0.1, -0.05) is 28.9 Å². The molecule has 0 aliphatic carbocycles. The lowest BCUT2D eigenvalue weighted by atomic mass is 10.1. The summed E-state index contributed by atoms with van der Waals surface area (Å²) in [5.74, 6) is -0.311. The van der Waals surface area contributed by atoms with Gasteiger partial charge >= 0.3 is 0 Å². The number of hydrogen-bond donors (Lipinski definition) is 0. The predicted octanol–water partition coefficient (Wildman–Crippen LogP) is 2.39. The summed E-state index contributed by atoms with van der Waals surface area (Å²) in [6, 6.07) is 8.21. The Labute approximate surface area is 148 Å². The van der Waals surface area contributed by atoms with Gasteiger partial charge in [0.15, 0.2) is 0 Å². The van der Waals surface area contributed by atoms with Gasteiger partial charge in [0.25, 0.3) is 11.8 Å². The molecule has 7 nitrogen and oxygen atoms in total. The number of carbonyl (C=O) groups excluding carboxylic acids is 2.